The van der Waals surface area contributed by atoms with E-state index in [2.05, 4.69) is 0 Å². The maximum absolute atomic E-state index is 11.4. The molecule has 1 aromatic rings. The zero-order chi connectivity index (χ0) is 12.4. The van der Waals surface area contributed by atoms with Gasteiger partial charge in [0, 0.05) is 6.54 Å². The van der Waals surface area contributed by atoms with Gasteiger partial charge in [-0.3, -0.25) is 9.59 Å². The van der Waals surface area contributed by atoms with Crippen molar-refractivity contribution in [2.75, 3.05) is 7.11 Å². The first-order valence-electron chi connectivity index (χ1n) is 5.33. The molecule has 1 aliphatic heterocycles. The van der Waals surface area contributed by atoms with Gasteiger partial charge in [0.25, 0.3) is 0 Å². The minimum Gasteiger partial charge on any atom is -0.497 e. The summed E-state index contributed by atoms with van der Waals surface area (Å²) < 4.78 is 5.04. The maximum Gasteiger partial charge on any atom is 0.240 e. The first kappa shape index (κ1) is 11.4. The van der Waals surface area contributed by atoms with Crippen LogP contribution in [0.3, 0.4) is 0 Å². The molecular formula is C12H14N2O3. The van der Waals surface area contributed by atoms with Gasteiger partial charge in [-0.25, -0.2) is 0 Å². The fourth-order valence-corrected chi connectivity index (χ4v) is 1.83. The molecule has 1 saturated heterocycles. The third-order valence-corrected chi connectivity index (χ3v) is 2.90. The molecule has 17 heavy (non-hydrogen) atoms. The Hall–Kier alpha value is -2.04. The van der Waals surface area contributed by atoms with Crippen molar-refractivity contribution in [3.8, 4) is 5.75 Å². The molecule has 0 radical (unpaired) electrons. The predicted octanol–water partition coefficient (Wildman–Crippen LogP) is 0.281. The Morgan fingerprint density at radius 3 is 2.59 bits per heavy atom. The fourth-order valence-electron chi connectivity index (χ4n) is 1.83. The lowest BCUT2D eigenvalue weighted by molar-refractivity contribution is -0.153. The van der Waals surface area contributed by atoms with Crippen LogP contribution >= 0.6 is 0 Å². The summed E-state index contributed by atoms with van der Waals surface area (Å²) in [6, 6.07) is 6.91. The second-order valence-corrected chi connectivity index (χ2v) is 3.99. The van der Waals surface area contributed by atoms with Crippen LogP contribution in [-0.2, 0) is 16.1 Å². The number of rotatable bonds is 4. The van der Waals surface area contributed by atoms with E-state index in [0.29, 0.717) is 6.54 Å². The highest BCUT2D eigenvalue weighted by molar-refractivity contribution is 5.96. The van der Waals surface area contributed by atoms with E-state index in [9.17, 15) is 9.59 Å². The van der Waals surface area contributed by atoms with Gasteiger partial charge in [-0.15, -0.1) is 0 Å². The monoisotopic (exact) mass is 234 g/mol. The minimum atomic E-state index is -0.454. The number of hydrogen-bond donors (Lipinski definition) is 1. The van der Waals surface area contributed by atoms with Crippen molar-refractivity contribution in [3.05, 3.63) is 29.8 Å². The van der Waals surface area contributed by atoms with Crippen LogP contribution in [0.15, 0.2) is 24.3 Å². The van der Waals surface area contributed by atoms with Crippen molar-refractivity contribution < 1.29 is 14.3 Å². The van der Waals surface area contributed by atoms with Crippen LogP contribution in [0.1, 0.15) is 12.0 Å². The van der Waals surface area contributed by atoms with E-state index in [1.165, 1.54) is 4.90 Å². The molecule has 1 atom stereocenters. The Bertz CT molecular complexity index is 442. The molecule has 2 N–H and O–H groups in total. The fraction of sp³-hybridized carbons (Fsp3) is 0.333. The van der Waals surface area contributed by atoms with Gasteiger partial charge in [-0.2, -0.15) is 0 Å². The second kappa shape index (κ2) is 4.45. The van der Waals surface area contributed by atoms with Crippen molar-refractivity contribution >= 4 is 11.8 Å². The number of β-lactam (4-membered cyclic amide) rings is 1. The molecule has 0 saturated carbocycles. The highest BCUT2D eigenvalue weighted by Gasteiger charge is 2.39. The van der Waals surface area contributed by atoms with Gasteiger partial charge in [-0.05, 0) is 17.7 Å². The number of nitrogens with two attached hydrogens (primary N) is 1. The molecule has 90 valence electrons. The van der Waals surface area contributed by atoms with Crippen LogP contribution in [0.2, 0.25) is 0 Å². The normalized spacial score (nSPS) is 18.8. The molecule has 0 aromatic heterocycles. The van der Waals surface area contributed by atoms with Crippen LogP contribution in [-0.4, -0.2) is 29.9 Å². The first-order chi connectivity index (χ1) is 8.11. The van der Waals surface area contributed by atoms with E-state index in [4.69, 9.17) is 10.5 Å². The lowest BCUT2D eigenvalue weighted by Gasteiger charge is -2.38. The van der Waals surface area contributed by atoms with E-state index < -0.39 is 11.9 Å². The van der Waals surface area contributed by atoms with Gasteiger partial charge in [-0.1, -0.05) is 12.1 Å². The number of primary amides is 1. The number of ether oxygens (including phenoxy) is 1. The molecule has 0 unspecified atom stereocenters. The SMILES string of the molecule is COc1ccc(CN2C(=O)C[C@H]2C(N)=O)cc1. The average Bonchev–Trinajstić information content (AvgIpc) is 2.33. The van der Waals surface area contributed by atoms with Crippen LogP contribution in [0.4, 0.5) is 0 Å². The third kappa shape index (κ3) is 2.22. The van der Waals surface area contributed by atoms with Crippen LogP contribution < -0.4 is 10.5 Å². The molecule has 1 heterocycles. The number of benzene rings is 1. The predicted molar refractivity (Wildman–Crippen MR) is 61.1 cm³/mol. The van der Waals surface area contributed by atoms with Gasteiger partial charge in [0.05, 0.1) is 13.5 Å². The minimum absolute atomic E-state index is 0.0374. The van der Waals surface area contributed by atoms with Crippen LogP contribution in [0.5, 0.6) is 5.75 Å². The first-order valence-corrected chi connectivity index (χ1v) is 5.33. The summed E-state index contributed by atoms with van der Waals surface area (Å²) in [6.45, 7) is 0.413. The van der Waals surface area contributed by atoms with Gasteiger partial charge >= 0.3 is 0 Å². The van der Waals surface area contributed by atoms with Crippen molar-refractivity contribution in [3.63, 3.8) is 0 Å². The number of methoxy groups -OCH3 is 1. The number of carbonyl (C=O) groups excluding carboxylic acids is 2. The molecule has 0 aliphatic carbocycles. The van der Waals surface area contributed by atoms with Crippen molar-refractivity contribution in [1.82, 2.24) is 4.90 Å². The molecule has 1 aliphatic rings. The molecule has 5 nitrogen and oxygen atoms in total. The van der Waals surface area contributed by atoms with Gasteiger partial charge in [0.2, 0.25) is 11.8 Å². The summed E-state index contributed by atoms with van der Waals surface area (Å²) in [5, 5.41) is 0. The summed E-state index contributed by atoms with van der Waals surface area (Å²) in [4.78, 5) is 23.9. The van der Waals surface area contributed by atoms with Crippen molar-refractivity contribution in [1.29, 1.82) is 0 Å². The largest absolute Gasteiger partial charge is 0.497 e. The Morgan fingerprint density at radius 2 is 2.12 bits per heavy atom. The lowest BCUT2D eigenvalue weighted by Crippen LogP contribution is -2.57. The molecule has 0 spiro atoms. The van der Waals surface area contributed by atoms with E-state index in [1.54, 1.807) is 7.11 Å². The second-order valence-electron chi connectivity index (χ2n) is 3.99. The molecular weight excluding hydrogens is 220 g/mol. The summed E-state index contributed by atoms with van der Waals surface area (Å²) in [7, 11) is 1.59. The van der Waals surface area contributed by atoms with E-state index >= 15 is 0 Å². The van der Waals surface area contributed by atoms with Gasteiger partial charge in [0.15, 0.2) is 0 Å². The van der Waals surface area contributed by atoms with Gasteiger partial charge in [0.1, 0.15) is 11.8 Å². The number of amides is 2. The maximum atomic E-state index is 11.4. The Morgan fingerprint density at radius 1 is 1.47 bits per heavy atom. The van der Waals surface area contributed by atoms with Crippen LogP contribution in [0.25, 0.3) is 0 Å². The van der Waals surface area contributed by atoms with Gasteiger partial charge < -0.3 is 15.4 Å². The summed E-state index contributed by atoms with van der Waals surface area (Å²) in [6.07, 6.45) is 0.228. The summed E-state index contributed by atoms with van der Waals surface area (Å²) in [5.74, 6) is 0.276. The molecule has 0 bridgehead atoms. The molecule has 1 aromatic carbocycles. The van der Waals surface area contributed by atoms with E-state index in [0.717, 1.165) is 11.3 Å². The van der Waals surface area contributed by atoms with Crippen LogP contribution in [0, 0.1) is 0 Å². The highest BCUT2D eigenvalue weighted by atomic mass is 16.5. The number of carbonyl (C=O) groups is 2. The Kier molecular flexibility index (Phi) is 2.99. The van der Waals surface area contributed by atoms with Crippen molar-refractivity contribution in [2.24, 2.45) is 5.73 Å². The summed E-state index contributed by atoms with van der Waals surface area (Å²) >= 11 is 0. The zero-order valence-electron chi connectivity index (χ0n) is 9.55. The lowest BCUT2D eigenvalue weighted by atomic mass is 10.00. The zero-order valence-corrected chi connectivity index (χ0v) is 9.55. The number of nitrogens with zero attached hydrogens (tertiary/aromatic N) is 1. The number of likely N-dealkylation sites (tertiary alicyclic amines) is 1. The topological polar surface area (TPSA) is 72.6 Å². The third-order valence-electron chi connectivity index (χ3n) is 2.90. The molecule has 5 heteroatoms. The summed E-state index contributed by atoms with van der Waals surface area (Å²) in [5.41, 5.74) is 6.15. The molecule has 1 fully saturated rings. The standard InChI is InChI=1S/C12H14N2O3/c1-17-9-4-2-8(3-5-9)7-14-10(12(13)16)6-11(14)15/h2-5,10H,6-7H2,1H3,(H2,13,16)/t10-/m0/s1. The average molecular weight is 234 g/mol. The highest BCUT2D eigenvalue weighted by Crippen LogP contribution is 2.22. The Balaban J connectivity index is 2.04. The quantitative estimate of drug-likeness (QED) is 0.760. The smallest absolute Gasteiger partial charge is 0.240 e. The number of hydrogen-bond acceptors (Lipinski definition) is 3. The van der Waals surface area contributed by atoms with E-state index in [-0.39, 0.29) is 12.3 Å². The molecule has 2 amide bonds. The van der Waals surface area contributed by atoms with E-state index in [1.807, 2.05) is 24.3 Å². The Labute approximate surface area is 99.2 Å². The molecule has 2 rings (SSSR count). The van der Waals surface area contributed by atoms with Crippen molar-refractivity contribution in [2.45, 2.75) is 19.0 Å².